The summed E-state index contributed by atoms with van der Waals surface area (Å²) < 4.78 is 5.34. The summed E-state index contributed by atoms with van der Waals surface area (Å²) in [6.07, 6.45) is 8.29. The Morgan fingerprint density at radius 1 is 1.26 bits per heavy atom. The van der Waals surface area contributed by atoms with E-state index in [-0.39, 0.29) is 17.7 Å². The topological polar surface area (TPSA) is 57.0 Å². The molecule has 2 amide bonds. The van der Waals surface area contributed by atoms with Crippen LogP contribution < -0.4 is 0 Å². The Morgan fingerprint density at radius 3 is 2.93 bits per heavy atom. The molecule has 4 rings (SSSR count). The third-order valence-electron chi connectivity index (χ3n) is 6.60. The Bertz CT molecular complexity index is 658. The fourth-order valence-electron chi connectivity index (χ4n) is 5.22. The molecule has 0 spiro atoms. The summed E-state index contributed by atoms with van der Waals surface area (Å²) in [5.74, 6) is 1.30. The van der Waals surface area contributed by atoms with Crippen LogP contribution in [0.3, 0.4) is 0 Å². The second-order valence-corrected chi connectivity index (χ2v) is 8.47. The summed E-state index contributed by atoms with van der Waals surface area (Å²) in [6.45, 7) is 4.22. The third kappa shape index (κ3) is 4.05. The van der Waals surface area contributed by atoms with Crippen LogP contribution in [0.25, 0.3) is 0 Å². The standard InChI is InChI=1S/C21H31N3O3/c1-22(13-16-6-4-10-23-9-3-2-8-19(16)23)21(26)17-12-20(25)24(14-17)15-18-7-5-11-27-18/h5,7,11,16-17,19H,2-4,6,8-10,12-15H2,1H3/t16-,17+,19+/m0/s1. The highest BCUT2D eigenvalue weighted by molar-refractivity contribution is 5.89. The molecule has 4 heterocycles. The van der Waals surface area contributed by atoms with Crippen LogP contribution in [-0.2, 0) is 16.1 Å². The van der Waals surface area contributed by atoms with Gasteiger partial charge in [0.25, 0.3) is 0 Å². The summed E-state index contributed by atoms with van der Waals surface area (Å²) in [5.41, 5.74) is 0. The number of furan rings is 1. The van der Waals surface area contributed by atoms with Gasteiger partial charge in [0.1, 0.15) is 5.76 Å². The van der Waals surface area contributed by atoms with Gasteiger partial charge in [-0.3, -0.25) is 9.59 Å². The molecule has 0 unspecified atom stereocenters. The number of rotatable bonds is 5. The van der Waals surface area contributed by atoms with Gasteiger partial charge in [-0.2, -0.15) is 0 Å². The quantitative estimate of drug-likeness (QED) is 0.795. The van der Waals surface area contributed by atoms with E-state index in [1.54, 1.807) is 11.2 Å². The van der Waals surface area contributed by atoms with Gasteiger partial charge in [-0.1, -0.05) is 6.42 Å². The van der Waals surface area contributed by atoms with E-state index in [2.05, 4.69) is 4.90 Å². The van der Waals surface area contributed by atoms with Gasteiger partial charge in [-0.05, 0) is 56.8 Å². The van der Waals surface area contributed by atoms with Crippen LogP contribution in [0.5, 0.6) is 0 Å². The van der Waals surface area contributed by atoms with Crippen molar-refractivity contribution in [3.63, 3.8) is 0 Å². The lowest BCUT2D eigenvalue weighted by Gasteiger charge is -2.45. The molecule has 0 radical (unpaired) electrons. The summed E-state index contributed by atoms with van der Waals surface area (Å²) in [6, 6.07) is 4.34. The molecule has 3 aliphatic heterocycles. The first-order chi connectivity index (χ1) is 13.1. The van der Waals surface area contributed by atoms with Crippen LogP contribution >= 0.6 is 0 Å². The van der Waals surface area contributed by atoms with Gasteiger partial charge < -0.3 is 19.1 Å². The fourth-order valence-corrected chi connectivity index (χ4v) is 5.22. The van der Waals surface area contributed by atoms with Crippen molar-refractivity contribution in [2.24, 2.45) is 11.8 Å². The van der Waals surface area contributed by atoms with Crippen molar-refractivity contribution in [1.29, 1.82) is 0 Å². The maximum absolute atomic E-state index is 13.0. The van der Waals surface area contributed by atoms with Gasteiger partial charge >= 0.3 is 0 Å². The van der Waals surface area contributed by atoms with E-state index >= 15 is 0 Å². The van der Waals surface area contributed by atoms with Gasteiger partial charge in [0, 0.05) is 32.6 Å². The first-order valence-electron chi connectivity index (χ1n) is 10.4. The largest absolute Gasteiger partial charge is 0.467 e. The van der Waals surface area contributed by atoms with Crippen molar-refractivity contribution in [2.75, 3.05) is 33.2 Å². The van der Waals surface area contributed by atoms with E-state index in [4.69, 9.17) is 4.42 Å². The summed E-state index contributed by atoms with van der Waals surface area (Å²) in [4.78, 5) is 31.6. The molecule has 3 atom stereocenters. The Kier molecular flexibility index (Phi) is 5.53. The molecule has 0 bridgehead atoms. The minimum Gasteiger partial charge on any atom is -0.467 e. The van der Waals surface area contributed by atoms with Crippen LogP contribution in [0.2, 0.25) is 0 Å². The monoisotopic (exact) mass is 373 g/mol. The second-order valence-electron chi connectivity index (χ2n) is 8.47. The van der Waals surface area contributed by atoms with E-state index in [1.165, 1.54) is 45.2 Å². The molecular weight excluding hydrogens is 342 g/mol. The molecule has 6 nitrogen and oxygen atoms in total. The SMILES string of the molecule is CN(C[C@@H]1CCCN2CCCC[C@H]12)C(=O)[C@@H]1CC(=O)N(Cc2ccco2)C1. The van der Waals surface area contributed by atoms with Crippen LogP contribution in [0, 0.1) is 11.8 Å². The van der Waals surface area contributed by atoms with Crippen LogP contribution in [0.15, 0.2) is 22.8 Å². The first-order valence-corrected chi connectivity index (χ1v) is 10.4. The number of carbonyl (C=O) groups is 2. The smallest absolute Gasteiger partial charge is 0.227 e. The van der Waals surface area contributed by atoms with E-state index < -0.39 is 0 Å². The van der Waals surface area contributed by atoms with Crippen LogP contribution in [0.1, 0.15) is 44.3 Å². The zero-order valence-electron chi connectivity index (χ0n) is 16.3. The van der Waals surface area contributed by atoms with Gasteiger partial charge in [0.2, 0.25) is 11.8 Å². The molecule has 0 aromatic carbocycles. The molecule has 0 N–H and O–H groups in total. The van der Waals surface area contributed by atoms with Crippen molar-refractivity contribution in [2.45, 2.75) is 51.1 Å². The summed E-state index contributed by atoms with van der Waals surface area (Å²) >= 11 is 0. The van der Waals surface area contributed by atoms with E-state index in [0.29, 0.717) is 31.5 Å². The van der Waals surface area contributed by atoms with Crippen LogP contribution in [-0.4, -0.2) is 65.8 Å². The number of amides is 2. The second kappa shape index (κ2) is 8.05. The third-order valence-corrected chi connectivity index (χ3v) is 6.60. The first kappa shape index (κ1) is 18.5. The summed E-state index contributed by atoms with van der Waals surface area (Å²) in [7, 11) is 1.92. The van der Waals surface area contributed by atoms with E-state index in [0.717, 1.165) is 12.3 Å². The van der Waals surface area contributed by atoms with Crippen molar-refractivity contribution in [3.05, 3.63) is 24.2 Å². The molecule has 1 aromatic rings. The molecular formula is C21H31N3O3. The highest BCUT2D eigenvalue weighted by atomic mass is 16.3. The van der Waals surface area contributed by atoms with Gasteiger partial charge in [-0.25, -0.2) is 0 Å². The molecule has 3 aliphatic rings. The zero-order chi connectivity index (χ0) is 18.8. The highest BCUT2D eigenvalue weighted by Gasteiger charge is 2.38. The number of piperidine rings is 2. The molecule has 3 saturated heterocycles. The molecule has 0 saturated carbocycles. The lowest BCUT2D eigenvalue weighted by Crippen LogP contribution is -2.51. The number of nitrogens with zero attached hydrogens (tertiary/aromatic N) is 3. The lowest BCUT2D eigenvalue weighted by molar-refractivity contribution is -0.135. The number of carbonyl (C=O) groups excluding carboxylic acids is 2. The summed E-state index contributed by atoms with van der Waals surface area (Å²) in [5, 5.41) is 0. The zero-order valence-corrected chi connectivity index (χ0v) is 16.3. The number of fused-ring (bicyclic) bond motifs is 1. The average Bonchev–Trinajstić information content (AvgIpc) is 3.32. The maximum Gasteiger partial charge on any atom is 0.227 e. The minimum atomic E-state index is -0.219. The van der Waals surface area contributed by atoms with E-state index in [9.17, 15) is 9.59 Å². The Labute approximate surface area is 161 Å². The highest BCUT2D eigenvalue weighted by Crippen LogP contribution is 2.32. The Morgan fingerprint density at radius 2 is 2.11 bits per heavy atom. The van der Waals surface area contributed by atoms with Crippen molar-refractivity contribution in [3.8, 4) is 0 Å². The average molecular weight is 373 g/mol. The molecule has 6 heteroatoms. The molecule has 148 valence electrons. The number of likely N-dealkylation sites (tertiary alicyclic amines) is 1. The number of hydrogen-bond donors (Lipinski definition) is 0. The molecule has 1 aromatic heterocycles. The maximum atomic E-state index is 13.0. The van der Waals surface area contributed by atoms with Crippen molar-refractivity contribution < 1.29 is 14.0 Å². The molecule has 0 aliphatic carbocycles. The molecule has 3 fully saturated rings. The fraction of sp³-hybridized carbons (Fsp3) is 0.714. The number of hydrogen-bond acceptors (Lipinski definition) is 4. The normalized spacial score (nSPS) is 29.0. The Balaban J connectivity index is 1.33. The van der Waals surface area contributed by atoms with Gasteiger partial charge in [0.15, 0.2) is 0 Å². The van der Waals surface area contributed by atoms with Crippen molar-refractivity contribution >= 4 is 11.8 Å². The minimum absolute atomic E-state index is 0.0503. The van der Waals surface area contributed by atoms with Gasteiger partial charge in [0.05, 0.1) is 18.7 Å². The predicted octanol–water partition coefficient (Wildman–Crippen LogP) is 2.35. The van der Waals surface area contributed by atoms with Crippen molar-refractivity contribution in [1.82, 2.24) is 14.7 Å². The van der Waals surface area contributed by atoms with E-state index in [1.807, 2.05) is 24.1 Å². The lowest BCUT2D eigenvalue weighted by atomic mass is 9.83. The predicted molar refractivity (Wildman–Crippen MR) is 102 cm³/mol. The Hall–Kier alpha value is -1.82. The molecule has 27 heavy (non-hydrogen) atoms. The van der Waals surface area contributed by atoms with Crippen LogP contribution in [0.4, 0.5) is 0 Å². The van der Waals surface area contributed by atoms with Gasteiger partial charge in [-0.15, -0.1) is 0 Å².